The van der Waals surface area contributed by atoms with Gasteiger partial charge in [0.2, 0.25) is 5.82 Å². The molecule has 2 rings (SSSR count). The van der Waals surface area contributed by atoms with Crippen LogP contribution in [-0.4, -0.2) is 45.3 Å². The number of carbonyl (C=O) groups is 1. The molecule has 0 radical (unpaired) electrons. The summed E-state index contributed by atoms with van der Waals surface area (Å²) in [6.07, 6.45) is 0. The minimum Gasteiger partial charge on any atom is -0.475 e. The highest BCUT2D eigenvalue weighted by atomic mass is 16.4. The number of carboxylic acid groups (broad SMARTS) is 1. The molecule has 1 heterocycles. The van der Waals surface area contributed by atoms with E-state index in [9.17, 15) is 9.90 Å². The van der Waals surface area contributed by atoms with Crippen LogP contribution in [0, 0.1) is 0 Å². The summed E-state index contributed by atoms with van der Waals surface area (Å²) in [5.74, 6) is -0.857. The molecule has 106 valence electrons. The fraction of sp³-hybridized carbons (Fsp3) is 0.357. The van der Waals surface area contributed by atoms with Crippen LogP contribution in [0.25, 0.3) is 10.9 Å². The molecule has 0 bridgehead atoms. The number of hydrogen-bond acceptors (Lipinski definition) is 5. The maximum Gasteiger partial charge on any atom is 0.374 e. The monoisotopic (exact) mass is 275 g/mol. The van der Waals surface area contributed by atoms with Crippen molar-refractivity contribution >= 4 is 22.7 Å². The summed E-state index contributed by atoms with van der Waals surface area (Å²) >= 11 is 0. The van der Waals surface area contributed by atoms with Crippen molar-refractivity contribution < 1.29 is 15.0 Å². The SMILES string of the molecule is CC(C)N(CCO)c1nc(C(=O)O)nc2ccccc12. The normalized spacial score (nSPS) is 11.0. The van der Waals surface area contributed by atoms with Gasteiger partial charge in [-0.1, -0.05) is 12.1 Å². The Bertz CT molecular complexity index is 628. The van der Waals surface area contributed by atoms with Crippen LogP contribution in [0.5, 0.6) is 0 Å². The maximum atomic E-state index is 11.2. The Balaban J connectivity index is 2.67. The van der Waals surface area contributed by atoms with Crippen molar-refractivity contribution in [3.05, 3.63) is 30.1 Å². The lowest BCUT2D eigenvalue weighted by Gasteiger charge is -2.28. The molecule has 6 nitrogen and oxygen atoms in total. The van der Waals surface area contributed by atoms with E-state index in [2.05, 4.69) is 9.97 Å². The highest BCUT2D eigenvalue weighted by Crippen LogP contribution is 2.25. The summed E-state index contributed by atoms with van der Waals surface area (Å²) in [5, 5.41) is 19.1. The Morgan fingerprint density at radius 3 is 2.60 bits per heavy atom. The molecule has 0 aliphatic heterocycles. The van der Waals surface area contributed by atoms with E-state index in [1.54, 1.807) is 12.1 Å². The average Bonchev–Trinajstić information content (AvgIpc) is 2.43. The Morgan fingerprint density at radius 1 is 1.30 bits per heavy atom. The maximum absolute atomic E-state index is 11.2. The lowest BCUT2D eigenvalue weighted by molar-refractivity contribution is 0.0684. The molecule has 2 aromatic rings. The van der Waals surface area contributed by atoms with Crippen molar-refractivity contribution in [3.63, 3.8) is 0 Å². The fourth-order valence-corrected chi connectivity index (χ4v) is 2.09. The first-order valence-electron chi connectivity index (χ1n) is 6.42. The summed E-state index contributed by atoms with van der Waals surface area (Å²) in [6, 6.07) is 7.35. The van der Waals surface area contributed by atoms with Crippen molar-refractivity contribution in [1.29, 1.82) is 0 Å². The molecule has 0 saturated heterocycles. The Hall–Kier alpha value is -2.21. The number of benzene rings is 1. The molecular formula is C14H17N3O3. The molecule has 1 aromatic carbocycles. The zero-order valence-corrected chi connectivity index (χ0v) is 11.4. The topological polar surface area (TPSA) is 86.5 Å². The number of para-hydroxylation sites is 1. The quantitative estimate of drug-likeness (QED) is 0.860. The van der Waals surface area contributed by atoms with Crippen LogP contribution in [0.2, 0.25) is 0 Å². The van der Waals surface area contributed by atoms with Crippen LogP contribution in [0.4, 0.5) is 5.82 Å². The van der Waals surface area contributed by atoms with E-state index < -0.39 is 5.97 Å². The van der Waals surface area contributed by atoms with Gasteiger partial charge in [0.15, 0.2) is 0 Å². The summed E-state index contributed by atoms with van der Waals surface area (Å²) in [5.41, 5.74) is 0.582. The van der Waals surface area contributed by atoms with Crippen molar-refractivity contribution in [3.8, 4) is 0 Å². The first kappa shape index (κ1) is 14.2. The average molecular weight is 275 g/mol. The second-order valence-corrected chi connectivity index (χ2v) is 4.70. The van der Waals surface area contributed by atoms with Gasteiger partial charge in [0.1, 0.15) is 5.82 Å². The van der Waals surface area contributed by atoms with E-state index in [1.165, 1.54) is 0 Å². The predicted molar refractivity (Wildman–Crippen MR) is 76.1 cm³/mol. The molecular weight excluding hydrogens is 258 g/mol. The molecule has 0 amide bonds. The Kier molecular flexibility index (Phi) is 4.14. The molecule has 0 aliphatic rings. The van der Waals surface area contributed by atoms with E-state index >= 15 is 0 Å². The van der Waals surface area contributed by atoms with Crippen molar-refractivity contribution in [2.24, 2.45) is 0 Å². The summed E-state index contributed by atoms with van der Waals surface area (Å²) in [7, 11) is 0. The van der Waals surface area contributed by atoms with Gasteiger partial charge < -0.3 is 15.1 Å². The van der Waals surface area contributed by atoms with Gasteiger partial charge in [-0.3, -0.25) is 0 Å². The number of fused-ring (bicyclic) bond motifs is 1. The van der Waals surface area contributed by atoms with Gasteiger partial charge in [-0.25, -0.2) is 14.8 Å². The van der Waals surface area contributed by atoms with E-state index in [0.717, 1.165) is 5.39 Å². The highest BCUT2D eigenvalue weighted by Gasteiger charge is 2.19. The van der Waals surface area contributed by atoms with Crippen LogP contribution in [0.15, 0.2) is 24.3 Å². The number of nitrogens with zero attached hydrogens (tertiary/aromatic N) is 3. The minimum atomic E-state index is -1.16. The zero-order chi connectivity index (χ0) is 14.7. The number of anilines is 1. The van der Waals surface area contributed by atoms with E-state index in [4.69, 9.17) is 5.11 Å². The summed E-state index contributed by atoms with van der Waals surface area (Å²) < 4.78 is 0. The number of aliphatic hydroxyl groups excluding tert-OH is 1. The van der Waals surface area contributed by atoms with Gasteiger partial charge in [-0.2, -0.15) is 0 Å². The number of aromatic nitrogens is 2. The van der Waals surface area contributed by atoms with Crippen LogP contribution in [-0.2, 0) is 0 Å². The molecule has 0 spiro atoms. The standard InChI is InChI=1S/C14H17N3O3/c1-9(2)17(7-8-18)13-10-5-3-4-6-11(10)15-12(16-13)14(19)20/h3-6,9,18H,7-8H2,1-2H3,(H,19,20). The van der Waals surface area contributed by atoms with E-state index in [1.807, 2.05) is 30.9 Å². The first-order chi connectivity index (χ1) is 9.54. The number of hydrogen-bond donors (Lipinski definition) is 2. The van der Waals surface area contributed by atoms with Crippen LogP contribution in [0.3, 0.4) is 0 Å². The third-order valence-corrected chi connectivity index (χ3v) is 3.01. The van der Waals surface area contributed by atoms with Crippen LogP contribution >= 0.6 is 0 Å². The predicted octanol–water partition coefficient (Wildman–Crippen LogP) is 1.54. The number of aromatic carboxylic acids is 1. The van der Waals surface area contributed by atoms with E-state index in [0.29, 0.717) is 17.9 Å². The Labute approximate surface area is 116 Å². The third-order valence-electron chi connectivity index (χ3n) is 3.01. The lowest BCUT2D eigenvalue weighted by Crippen LogP contribution is -2.34. The molecule has 0 saturated carbocycles. The van der Waals surface area contributed by atoms with Crippen molar-refractivity contribution in [2.75, 3.05) is 18.1 Å². The van der Waals surface area contributed by atoms with Crippen molar-refractivity contribution in [1.82, 2.24) is 9.97 Å². The minimum absolute atomic E-state index is 0.0289. The van der Waals surface area contributed by atoms with Gasteiger partial charge in [-0.05, 0) is 26.0 Å². The Morgan fingerprint density at radius 2 is 2.00 bits per heavy atom. The number of aliphatic hydroxyl groups is 1. The molecule has 0 aliphatic carbocycles. The van der Waals surface area contributed by atoms with Gasteiger partial charge in [0.05, 0.1) is 12.1 Å². The second-order valence-electron chi connectivity index (χ2n) is 4.70. The number of carboxylic acids is 1. The molecule has 2 N–H and O–H groups in total. The summed E-state index contributed by atoms with van der Waals surface area (Å²) in [6.45, 7) is 4.29. The summed E-state index contributed by atoms with van der Waals surface area (Å²) in [4.78, 5) is 21.2. The molecule has 20 heavy (non-hydrogen) atoms. The van der Waals surface area contributed by atoms with Crippen molar-refractivity contribution in [2.45, 2.75) is 19.9 Å². The molecule has 0 atom stereocenters. The van der Waals surface area contributed by atoms with Gasteiger partial charge in [0.25, 0.3) is 0 Å². The van der Waals surface area contributed by atoms with Crippen LogP contribution < -0.4 is 4.90 Å². The molecule has 0 fully saturated rings. The van der Waals surface area contributed by atoms with Gasteiger partial charge >= 0.3 is 5.97 Å². The van der Waals surface area contributed by atoms with Crippen LogP contribution in [0.1, 0.15) is 24.5 Å². The largest absolute Gasteiger partial charge is 0.475 e. The molecule has 1 aromatic heterocycles. The zero-order valence-electron chi connectivity index (χ0n) is 11.4. The molecule has 0 unspecified atom stereocenters. The number of rotatable bonds is 5. The smallest absolute Gasteiger partial charge is 0.374 e. The lowest BCUT2D eigenvalue weighted by atomic mass is 10.2. The fourth-order valence-electron chi connectivity index (χ4n) is 2.09. The van der Waals surface area contributed by atoms with E-state index in [-0.39, 0.29) is 18.5 Å². The highest BCUT2D eigenvalue weighted by molar-refractivity contribution is 5.93. The second kappa shape index (κ2) is 5.83. The molecule has 6 heteroatoms. The first-order valence-corrected chi connectivity index (χ1v) is 6.42. The van der Waals surface area contributed by atoms with Gasteiger partial charge in [0, 0.05) is 18.0 Å². The van der Waals surface area contributed by atoms with Gasteiger partial charge in [-0.15, -0.1) is 0 Å². The third kappa shape index (κ3) is 2.70.